The van der Waals surface area contributed by atoms with E-state index in [1.54, 1.807) is 11.3 Å². The molecule has 5 nitrogen and oxygen atoms in total. The van der Waals surface area contributed by atoms with Crippen LogP contribution in [0.5, 0.6) is 0 Å². The number of hydrogen-bond acceptors (Lipinski definition) is 6. The minimum atomic E-state index is 0.390. The van der Waals surface area contributed by atoms with E-state index >= 15 is 0 Å². The van der Waals surface area contributed by atoms with E-state index in [1.807, 2.05) is 24.1 Å². The highest BCUT2D eigenvalue weighted by atomic mass is 32.1. The Balaban J connectivity index is 1.75. The maximum absolute atomic E-state index is 4.82. The van der Waals surface area contributed by atoms with Gasteiger partial charge in [0.1, 0.15) is 0 Å². The van der Waals surface area contributed by atoms with Crippen molar-refractivity contribution in [3.8, 4) is 0 Å². The predicted octanol–water partition coefficient (Wildman–Crippen LogP) is 2.33. The summed E-state index contributed by atoms with van der Waals surface area (Å²) in [5.74, 6) is 0. The van der Waals surface area contributed by atoms with Crippen molar-refractivity contribution in [2.24, 2.45) is 0 Å². The zero-order valence-corrected chi connectivity index (χ0v) is 13.4. The van der Waals surface area contributed by atoms with Crippen LogP contribution < -0.4 is 0 Å². The fourth-order valence-corrected chi connectivity index (χ4v) is 3.47. The first-order chi connectivity index (χ1) is 10.2. The van der Waals surface area contributed by atoms with Gasteiger partial charge in [0.05, 0.1) is 22.9 Å². The summed E-state index contributed by atoms with van der Waals surface area (Å²) in [6.45, 7) is 2.93. The van der Waals surface area contributed by atoms with Crippen LogP contribution in [0.2, 0.25) is 0 Å². The van der Waals surface area contributed by atoms with E-state index in [2.05, 4.69) is 33.9 Å². The van der Waals surface area contributed by atoms with Crippen molar-refractivity contribution in [1.29, 1.82) is 0 Å². The molecule has 21 heavy (non-hydrogen) atoms. The number of likely N-dealkylation sites (tertiary alicyclic amines) is 1. The van der Waals surface area contributed by atoms with Crippen LogP contribution in [-0.4, -0.2) is 45.4 Å². The third kappa shape index (κ3) is 3.64. The van der Waals surface area contributed by atoms with Crippen LogP contribution in [0, 0.1) is 0 Å². The molecule has 1 atom stereocenters. The van der Waals surface area contributed by atoms with Crippen molar-refractivity contribution in [2.75, 3.05) is 20.6 Å². The molecule has 0 saturated carbocycles. The van der Waals surface area contributed by atoms with Crippen LogP contribution in [-0.2, 0) is 13.1 Å². The Bertz CT molecular complexity index is 569. The standard InChI is InChI=1S/C15H21N5S/c1-19(2)9-12-6-16-8-14(18-12)15-4-3-5-20(15)10-13-7-17-11-21-13/h6-8,11,15H,3-5,9-10H2,1-2H3/t15-/m1/s1. The summed E-state index contributed by atoms with van der Waals surface area (Å²) in [4.78, 5) is 19.3. The lowest BCUT2D eigenvalue weighted by atomic mass is 10.1. The maximum Gasteiger partial charge on any atom is 0.0794 e. The molecule has 0 aromatic carbocycles. The molecule has 0 amide bonds. The Morgan fingerprint density at radius 3 is 2.95 bits per heavy atom. The number of rotatable bonds is 5. The topological polar surface area (TPSA) is 45.2 Å². The summed E-state index contributed by atoms with van der Waals surface area (Å²) in [7, 11) is 4.11. The third-order valence-corrected chi connectivity index (χ3v) is 4.49. The number of nitrogens with zero attached hydrogens (tertiary/aromatic N) is 5. The first-order valence-electron chi connectivity index (χ1n) is 7.29. The van der Waals surface area contributed by atoms with Crippen LogP contribution in [0.1, 0.15) is 35.1 Å². The van der Waals surface area contributed by atoms with Crippen LogP contribution in [0.4, 0.5) is 0 Å². The van der Waals surface area contributed by atoms with Gasteiger partial charge < -0.3 is 4.90 Å². The Morgan fingerprint density at radius 2 is 2.19 bits per heavy atom. The second-order valence-corrected chi connectivity index (χ2v) is 6.74. The molecule has 2 aromatic heterocycles. The minimum Gasteiger partial charge on any atom is -0.304 e. The second kappa shape index (κ2) is 6.60. The number of thiazole rings is 1. The minimum absolute atomic E-state index is 0.390. The number of hydrogen-bond donors (Lipinski definition) is 0. The lowest BCUT2D eigenvalue weighted by Crippen LogP contribution is -2.24. The largest absolute Gasteiger partial charge is 0.304 e. The molecule has 0 radical (unpaired) electrons. The lowest BCUT2D eigenvalue weighted by molar-refractivity contribution is 0.245. The SMILES string of the molecule is CN(C)Cc1cncc([C@H]2CCCN2Cc2cncs2)n1. The second-order valence-electron chi connectivity index (χ2n) is 5.77. The molecule has 6 heteroatoms. The van der Waals surface area contributed by atoms with Crippen LogP contribution in [0.25, 0.3) is 0 Å². The van der Waals surface area contributed by atoms with E-state index in [0.29, 0.717) is 6.04 Å². The van der Waals surface area contributed by atoms with E-state index < -0.39 is 0 Å². The molecule has 0 spiro atoms. The van der Waals surface area contributed by atoms with Gasteiger partial charge in [-0.15, -0.1) is 11.3 Å². The molecule has 1 aliphatic heterocycles. The van der Waals surface area contributed by atoms with Crippen LogP contribution in [0.3, 0.4) is 0 Å². The fourth-order valence-electron chi connectivity index (χ4n) is 2.85. The molecule has 112 valence electrons. The van der Waals surface area contributed by atoms with E-state index in [0.717, 1.165) is 31.0 Å². The fraction of sp³-hybridized carbons (Fsp3) is 0.533. The molecule has 1 fully saturated rings. The molecule has 3 rings (SSSR count). The molecule has 3 heterocycles. The normalized spacial score (nSPS) is 19.5. The van der Waals surface area contributed by atoms with Gasteiger partial charge in [-0.05, 0) is 33.5 Å². The monoisotopic (exact) mass is 303 g/mol. The molecule has 0 bridgehead atoms. The molecule has 0 aliphatic carbocycles. The lowest BCUT2D eigenvalue weighted by Gasteiger charge is -2.23. The van der Waals surface area contributed by atoms with E-state index in [9.17, 15) is 0 Å². The van der Waals surface area contributed by atoms with Crippen molar-refractivity contribution >= 4 is 11.3 Å². The first kappa shape index (κ1) is 14.6. The van der Waals surface area contributed by atoms with E-state index in [4.69, 9.17) is 4.98 Å². The summed E-state index contributed by atoms with van der Waals surface area (Å²) in [5, 5.41) is 0. The van der Waals surface area contributed by atoms with Crippen molar-refractivity contribution in [3.63, 3.8) is 0 Å². The quantitative estimate of drug-likeness (QED) is 0.848. The molecule has 1 aliphatic rings. The summed E-state index contributed by atoms with van der Waals surface area (Å²) in [5.41, 5.74) is 4.05. The summed E-state index contributed by atoms with van der Waals surface area (Å²) < 4.78 is 0. The summed E-state index contributed by atoms with van der Waals surface area (Å²) in [6.07, 6.45) is 8.15. The predicted molar refractivity (Wildman–Crippen MR) is 83.9 cm³/mol. The van der Waals surface area contributed by atoms with Crippen molar-refractivity contribution in [1.82, 2.24) is 24.8 Å². The molecular weight excluding hydrogens is 282 g/mol. The third-order valence-electron chi connectivity index (χ3n) is 3.73. The molecule has 1 saturated heterocycles. The Labute approximate surface area is 129 Å². The zero-order chi connectivity index (χ0) is 14.7. The van der Waals surface area contributed by atoms with E-state index in [1.165, 1.54) is 17.7 Å². The van der Waals surface area contributed by atoms with Gasteiger partial charge in [-0.3, -0.25) is 19.9 Å². The van der Waals surface area contributed by atoms with E-state index in [-0.39, 0.29) is 0 Å². The smallest absolute Gasteiger partial charge is 0.0794 e. The van der Waals surface area contributed by atoms with Crippen LogP contribution >= 0.6 is 11.3 Å². The first-order valence-corrected chi connectivity index (χ1v) is 8.17. The van der Waals surface area contributed by atoms with Crippen molar-refractivity contribution in [3.05, 3.63) is 40.4 Å². The van der Waals surface area contributed by atoms with Gasteiger partial charge in [0.25, 0.3) is 0 Å². The zero-order valence-electron chi connectivity index (χ0n) is 12.6. The summed E-state index contributed by atoms with van der Waals surface area (Å²) >= 11 is 1.72. The molecule has 0 N–H and O–H groups in total. The average Bonchev–Trinajstić information content (AvgIpc) is 3.10. The van der Waals surface area contributed by atoms with Crippen LogP contribution in [0.15, 0.2) is 24.1 Å². The highest BCUT2D eigenvalue weighted by Crippen LogP contribution is 2.32. The van der Waals surface area contributed by atoms with Gasteiger partial charge in [0, 0.05) is 36.6 Å². The maximum atomic E-state index is 4.82. The Morgan fingerprint density at radius 1 is 1.29 bits per heavy atom. The van der Waals surface area contributed by atoms with Gasteiger partial charge in [0.15, 0.2) is 0 Å². The highest BCUT2D eigenvalue weighted by Gasteiger charge is 2.27. The Hall–Kier alpha value is -1.37. The highest BCUT2D eigenvalue weighted by molar-refractivity contribution is 7.09. The molecule has 2 aromatic rings. The molecular formula is C15H21N5S. The van der Waals surface area contributed by atoms with Crippen molar-refractivity contribution < 1.29 is 0 Å². The van der Waals surface area contributed by atoms with Gasteiger partial charge in [-0.2, -0.15) is 0 Å². The van der Waals surface area contributed by atoms with Crippen molar-refractivity contribution in [2.45, 2.75) is 32.0 Å². The van der Waals surface area contributed by atoms with Gasteiger partial charge >= 0.3 is 0 Å². The molecule has 0 unspecified atom stereocenters. The van der Waals surface area contributed by atoms with Gasteiger partial charge in [-0.1, -0.05) is 0 Å². The number of aromatic nitrogens is 3. The van der Waals surface area contributed by atoms with Gasteiger partial charge in [-0.25, -0.2) is 0 Å². The summed E-state index contributed by atoms with van der Waals surface area (Å²) in [6, 6.07) is 0.390. The average molecular weight is 303 g/mol. The van der Waals surface area contributed by atoms with Gasteiger partial charge in [0.2, 0.25) is 0 Å². The Kier molecular flexibility index (Phi) is 4.57.